The number of nitrogens with zero attached hydrogens (tertiary/aromatic N) is 2. The Morgan fingerprint density at radius 3 is 2.95 bits per heavy atom. The molecular weight excluding hydrogens is 309 g/mol. The summed E-state index contributed by atoms with van der Waals surface area (Å²) in [5.74, 6) is -0.266. The van der Waals surface area contributed by atoms with Crippen molar-refractivity contribution in [1.29, 1.82) is 0 Å². The highest BCUT2D eigenvalue weighted by atomic mass is 35.5. The van der Waals surface area contributed by atoms with Crippen molar-refractivity contribution >= 4 is 34.6 Å². The van der Waals surface area contributed by atoms with Crippen LogP contribution in [0.15, 0.2) is 48.8 Å². The van der Waals surface area contributed by atoms with Gasteiger partial charge in [0.05, 0.1) is 22.3 Å². The lowest BCUT2D eigenvalue weighted by molar-refractivity contribution is 0.0951. The lowest BCUT2D eigenvalue weighted by Gasteiger charge is -2.06. The minimum absolute atomic E-state index is 0.266. The number of carbonyl (C=O) groups is 1. The molecule has 0 radical (unpaired) electrons. The first-order chi connectivity index (χ1) is 10.1. The van der Waals surface area contributed by atoms with Gasteiger partial charge in [-0.3, -0.25) is 4.79 Å². The number of amides is 1. The van der Waals surface area contributed by atoms with E-state index in [1.807, 2.05) is 24.4 Å². The van der Waals surface area contributed by atoms with Crippen molar-refractivity contribution < 1.29 is 4.79 Å². The molecule has 0 aliphatic rings. The third-order valence-corrected chi connectivity index (χ3v) is 3.68. The van der Waals surface area contributed by atoms with Crippen LogP contribution in [0.4, 0.5) is 0 Å². The molecule has 1 aromatic carbocycles. The van der Waals surface area contributed by atoms with Crippen LogP contribution < -0.4 is 5.32 Å². The number of halogens is 2. The zero-order valence-electron chi connectivity index (χ0n) is 10.9. The van der Waals surface area contributed by atoms with Crippen LogP contribution in [0, 0.1) is 0 Å². The third-order valence-electron chi connectivity index (χ3n) is 3.12. The molecule has 6 heteroatoms. The second kappa shape index (κ2) is 5.76. The molecule has 4 nitrogen and oxygen atoms in total. The number of hydrogen-bond acceptors (Lipinski definition) is 2. The van der Waals surface area contributed by atoms with Gasteiger partial charge in [0, 0.05) is 23.3 Å². The molecule has 0 spiro atoms. The predicted octanol–water partition coefficient (Wildman–Crippen LogP) is 3.57. The van der Waals surface area contributed by atoms with Crippen LogP contribution in [-0.4, -0.2) is 15.5 Å². The van der Waals surface area contributed by atoms with Crippen LogP contribution in [0.1, 0.15) is 15.9 Å². The fourth-order valence-corrected chi connectivity index (χ4v) is 2.44. The number of nitrogens with one attached hydrogen (secondary N) is 1. The molecule has 0 saturated heterocycles. The van der Waals surface area contributed by atoms with E-state index < -0.39 is 0 Å². The van der Waals surface area contributed by atoms with E-state index >= 15 is 0 Å². The molecular formula is C15H11Cl2N3O. The van der Waals surface area contributed by atoms with Gasteiger partial charge in [-0.1, -0.05) is 29.3 Å². The van der Waals surface area contributed by atoms with Gasteiger partial charge in [0.25, 0.3) is 5.91 Å². The Morgan fingerprint density at radius 1 is 1.24 bits per heavy atom. The molecule has 0 bridgehead atoms. The lowest BCUT2D eigenvalue weighted by Crippen LogP contribution is -2.23. The second-order valence-electron chi connectivity index (χ2n) is 4.51. The maximum absolute atomic E-state index is 12.2. The lowest BCUT2D eigenvalue weighted by atomic mass is 10.2. The van der Waals surface area contributed by atoms with Crippen LogP contribution in [-0.2, 0) is 6.54 Å². The Kier molecular flexibility index (Phi) is 3.82. The Balaban J connectivity index is 1.78. The van der Waals surface area contributed by atoms with Crippen molar-refractivity contribution in [2.24, 2.45) is 0 Å². The molecule has 0 saturated carbocycles. The highest BCUT2D eigenvalue weighted by molar-refractivity contribution is 6.35. The van der Waals surface area contributed by atoms with Gasteiger partial charge >= 0.3 is 0 Å². The Hall–Kier alpha value is -2.04. The van der Waals surface area contributed by atoms with Crippen LogP contribution in [0.2, 0.25) is 10.0 Å². The molecule has 0 aliphatic carbocycles. The smallest absolute Gasteiger partial charge is 0.253 e. The molecule has 1 N–H and O–H groups in total. The van der Waals surface area contributed by atoms with Crippen molar-refractivity contribution in [1.82, 2.24) is 14.9 Å². The standard InChI is InChI=1S/C15H11Cl2N3O/c16-11-4-5-13(17)12(7-11)15(21)18-8-10-9-19-20-6-2-1-3-14(10)20/h1-7,9H,8H2,(H,18,21). The van der Waals surface area contributed by atoms with E-state index in [1.54, 1.807) is 28.9 Å². The van der Waals surface area contributed by atoms with Crippen molar-refractivity contribution in [3.8, 4) is 0 Å². The molecule has 0 atom stereocenters. The van der Waals surface area contributed by atoms with Crippen LogP contribution in [0.5, 0.6) is 0 Å². The predicted molar refractivity (Wildman–Crippen MR) is 82.8 cm³/mol. The number of hydrogen-bond donors (Lipinski definition) is 1. The van der Waals surface area contributed by atoms with Gasteiger partial charge in [-0.2, -0.15) is 5.10 Å². The number of fused-ring (bicyclic) bond motifs is 1. The zero-order chi connectivity index (χ0) is 14.8. The number of aromatic nitrogens is 2. The average molecular weight is 320 g/mol. The zero-order valence-corrected chi connectivity index (χ0v) is 12.4. The summed E-state index contributed by atoms with van der Waals surface area (Å²) >= 11 is 11.9. The molecule has 106 valence electrons. The summed E-state index contributed by atoms with van der Waals surface area (Å²) in [7, 11) is 0. The Labute approximate surface area is 131 Å². The molecule has 0 unspecified atom stereocenters. The Bertz CT molecular complexity index is 814. The normalized spacial score (nSPS) is 10.8. The Morgan fingerprint density at radius 2 is 2.10 bits per heavy atom. The number of carbonyl (C=O) groups excluding carboxylic acids is 1. The fraction of sp³-hybridized carbons (Fsp3) is 0.0667. The first kappa shape index (κ1) is 13.9. The molecule has 21 heavy (non-hydrogen) atoms. The maximum Gasteiger partial charge on any atom is 0.253 e. The van der Waals surface area contributed by atoms with E-state index in [1.165, 1.54) is 0 Å². The van der Waals surface area contributed by atoms with Crippen molar-refractivity contribution in [3.63, 3.8) is 0 Å². The van der Waals surface area contributed by atoms with Gasteiger partial charge < -0.3 is 5.32 Å². The van der Waals surface area contributed by atoms with Gasteiger partial charge in [0.15, 0.2) is 0 Å². The molecule has 3 aromatic rings. The van der Waals surface area contributed by atoms with Crippen molar-refractivity contribution in [3.05, 3.63) is 70.0 Å². The molecule has 0 fully saturated rings. The quantitative estimate of drug-likeness (QED) is 0.802. The van der Waals surface area contributed by atoms with Gasteiger partial charge in [-0.15, -0.1) is 0 Å². The van der Waals surface area contributed by atoms with Gasteiger partial charge in [0.2, 0.25) is 0 Å². The van der Waals surface area contributed by atoms with E-state index in [0.717, 1.165) is 11.1 Å². The minimum atomic E-state index is -0.266. The number of pyridine rings is 1. The molecule has 3 rings (SSSR count). The monoisotopic (exact) mass is 319 g/mol. The van der Waals surface area contributed by atoms with Crippen molar-refractivity contribution in [2.75, 3.05) is 0 Å². The van der Waals surface area contributed by atoms with Gasteiger partial charge in [0.1, 0.15) is 0 Å². The first-order valence-electron chi connectivity index (χ1n) is 6.29. The molecule has 2 aromatic heterocycles. The van der Waals surface area contributed by atoms with E-state index in [9.17, 15) is 4.79 Å². The first-order valence-corrected chi connectivity index (χ1v) is 7.05. The topological polar surface area (TPSA) is 46.4 Å². The highest BCUT2D eigenvalue weighted by Gasteiger charge is 2.12. The van der Waals surface area contributed by atoms with E-state index in [2.05, 4.69) is 10.4 Å². The van der Waals surface area contributed by atoms with Crippen molar-refractivity contribution in [2.45, 2.75) is 6.54 Å². The largest absolute Gasteiger partial charge is 0.348 e. The number of benzene rings is 1. The van der Waals surface area contributed by atoms with Crippen LogP contribution in [0.25, 0.3) is 5.52 Å². The van der Waals surface area contributed by atoms with E-state index in [0.29, 0.717) is 22.2 Å². The summed E-state index contributed by atoms with van der Waals surface area (Å²) in [5.41, 5.74) is 2.25. The van der Waals surface area contributed by atoms with Crippen LogP contribution >= 0.6 is 23.2 Å². The average Bonchev–Trinajstić information content (AvgIpc) is 2.90. The summed E-state index contributed by atoms with van der Waals surface area (Å²) in [6.07, 6.45) is 3.59. The molecule has 1 amide bonds. The summed E-state index contributed by atoms with van der Waals surface area (Å²) in [6, 6.07) is 10.6. The summed E-state index contributed by atoms with van der Waals surface area (Å²) in [5, 5.41) is 7.89. The number of rotatable bonds is 3. The summed E-state index contributed by atoms with van der Waals surface area (Å²) in [4.78, 5) is 12.2. The molecule has 2 heterocycles. The third kappa shape index (κ3) is 2.86. The van der Waals surface area contributed by atoms with E-state index in [4.69, 9.17) is 23.2 Å². The van der Waals surface area contributed by atoms with Gasteiger partial charge in [-0.25, -0.2) is 4.52 Å². The second-order valence-corrected chi connectivity index (χ2v) is 5.35. The van der Waals surface area contributed by atoms with Crippen LogP contribution in [0.3, 0.4) is 0 Å². The van der Waals surface area contributed by atoms with Gasteiger partial charge in [-0.05, 0) is 30.3 Å². The fourth-order valence-electron chi connectivity index (χ4n) is 2.07. The summed E-state index contributed by atoms with van der Waals surface area (Å²) < 4.78 is 1.76. The summed E-state index contributed by atoms with van der Waals surface area (Å²) in [6.45, 7) is 0.370. The minimum Gasteiger partial charge on any atom is -0.348 e. The maximum atomic E-state index is 12.2. The SMILES string of the molecule is O=C(NCc1cnn2ccccc12)c1cc(Cl)ccc1Cl. The molecule has 0 aliphatic heterocycles. The highest BCUT2D eigenvalue weighted by Crippen LogP contribution is 2.20. The van der Waals surface area contributed by atoms with E-state index in [-0.39, 0.29) is 5.91 Å².